The standard InChI is InChI=1S/C9H10F8OS/c1-4(18)19-3-2-5(10)6(11)7(12)8(13,14)9(15,16)17/h5-7H,2-3H2,1H3. The molecular formula is C9H10F8OS. The zero-order valence-electron chi connectivity index (χ0n) is 9.49. The molecule has 0 aliphatic carbocycles. The van der Waals surface area contributed by atoms with Gasteiger partial charge in [-0.2, -0.15) is 22.0 Å². The fourth-order valence-corrected chi connectivity index (χ4v) is 1.64. The second-order valence-corrected chi connectivity index (χ2v) is 4.88. The van der Waals surface area contributed by atoms with E-state index in [9.17, 15) is 39.9 Å². The second kappa shape index (κ2) is 6.76. The maximum atomic E-state index is 13.0. The first-order chi connectivity index (χ1) is 8.41. The number of carbonyl (C=O) groups is 1. The van der Waals surface area contributed by atoms with Gasteiger partial charge in [-0.15, -0.1) is 0 Å². The van der Waals surface area contributed by atoms with E-state index in [2.05, 4.69) is 0 Å². The van der Waals surface area contributed by atoms with Crippen molar-refractivity contribution in [2.75, 3.05) is 5.75 Å². The first-order valence-electron chi connectivity index (χ1n) is 4.91. The van der Waals surface area contributed by atoms with Gasteiger partial charge in [0, 0.05) is 12.7 Å². The molecule has 0 aromatic heterocycles. The lowest BCUT2D eigenvalue weighted by Gasteiger charge is -2.26. The number of hydrogen-bond donors (Lipinski definition) is 0. The fourth-order valence-electron chi connectivity index (χ4n) is 1.01. The molecule has 0 amide bonds. The van der Waals surface area contributed by atoms with E-state index in [1.807, 2.05) is 0 Å². The van der Waals surface area contributed by atoms with Crippen molar-refractivity contribution >= 4 is 16.9 Å². The van der Waals surface area contributed by atoms with Gasteiger partial charge in [-0.25, -0.2) is 13.2 Å². The highest BCUT2D eigenvalue weighted by atomic mass is 32.2. The number of hydrogen-bond acceptors (Lipinski definition) is 2. The Kier molecular flexibility index (Phi) is 6.56. The normalized spacial score (nSPS) is 17.9. The Hall–Kier alpha value is -0.540. The largest absolute Gasteiger partial charge is 0.456 e. The van der Waals surface area contributed by atoms with Gasteiger partial charge in [-0.3, -0.25) is 4.79 Å². The lowest BCUT2D eigenvalue weighted by atomic mass is 10.0. The van der Waals surface area contributed by atoms with Crippen LogP contribution in [0.15, 0.2) is 0 Å². The third kappa shape index (κ3) is 5.15. The van der Waals surface area contributed by atoms with Crippen molar-refractivity contribution in [1.29, 1.82) is 0 Å². The Balaban J connectivity index is 4.55. The molecule has 0 aromatic carbocycles. The Morgan fingerprint density at radius 2 is 1.58 bits per heavy atom. The third-order valence-corrected chi connectivity index (χ3v) is 2.89. The highest BCUT2D eigenvalue weighted by molar-refractivity contribution is 8.13. The van der Waals surface area contributed by atoms with Crippen LogP contribution in [0, 0.1) is 0 Å². The Morgan fingerprint density at radius 1 is 1.11 bits per heavy atom. The molecule has 0 saturated carbocycles. The number of thioether (sulfide) groups is 1. The van der Waals surface area contributed by atoms with Gasteiger partial charge in [0.1, 0.15) is 6.17 Å². The van der Waals surface area contributed by atoms with E-state index in [0.29, 0.717) is 11.8 Å². The summed E-state index contributed by atoms with van der Waals surface area (Å²) in [6.07, 6.45) is -18.0. The predicted octanol–water partition coefficient (Wildman–Crippen LogP) is 3.87. The maximum absolute atomic E-state index is 13.0. The second-order valence-electron chi connectivity index (χ2n) is 3.61. The third-order valence-electron chi connectivity index (χ3n) is 2.05. The van der Waals surface area contributed by atoms with Crippen LogP contribution in [0.1, 0.15) is 13.3 Å². The monoisotopic (exact) mass is 318 g/mol. The van der Waals surface area contributed by atoms with Gasteiger partial charge in [0.15, 0.2) is 11.3 Å². The van der Waals surface area contributed by atoms with Crippen LogP contribution < -0.4 is 0 Å². The van der Waals surface area contributed by atoms with E-state index in [1.165, 1.54) is 0 Å². The molecule has 0 saturated heterocycles. The molecule has 3 unspecified atom stereocenters. The Labute approximate surface area is 107 Å². The predicted molar refractivity (Wildman–Crippen MR) is 53.4 cm³/mol. The first kappa shape index (κ1) is 18.5. The van der Waals surface area contributed by atoms with E-state index in [4.69, 9.17) is 0 Å². The number of alkyl halides is 8. The molecule has 1 nitrogen and oxygen atoms in total. The lowest BCUT2D eigenvalue weighted by molar-refractivity contribution is -0.311. The summed E-state index contributed by atoms with van der Waals surface area (Å²) < 4.78 is 98.7. The van der Waals surface area contributed by atoms with Gasteiger partial charge in [0.25, 0.3) is 0 Å². The summed E-state index contributed by atoms with van der Waals surface area (Å²) in [5, 5.41) is -0.472. The molecule has 0 heterocycles. The van der Waals surface area contributed by atoms with Crippen LogP contribution in [0.2, 0.25) is 0 Å². The van der Waals surface area contributed by atoms with Crippen molar-refractivity contribution in [3.63, 3.8) is 0 Å². The first-order valence-corrected chi connectivity index (χ1v) is 5.90. The average Bonchev–Trinajstić information content (AvgIpc) is 2.24. The minimum atomic E-state index is -6.30. The van der Waals surface area contributed by atoms with Crippen LogP contribution in [-0.2, 0) is 4.79 Å². The molecule has 0 aliphatic rings. The molecule has 0 fully saturated rings. The van der Waals surface area contributed by atoms with Crippen LogP contribution in [-0.4, -0.2) is 41.5 Å². The highest BCUT2D eigenvalue weighted by Gasteiger charge is 2.66. The minimum absolute atomic E-state index is 0.346. The van der Waals surface area contributed by atoms with Gasteiger partial charge in [0.05, 0.1) is 0 Å². The zero-order chi connectivity index (χ0) is 15.4. The molecule has 0 aliphatic heterocycles. The van der Waals surface area contributed by atoms with Gasteiger partial charge in [-0.05, 0) is 6.42 Å². The van der Waals surface area contributed by atoms with Crippen LogP contribution in [0.3, 0.4) is 0 Å². The van der Waals surface area contributed by atoms with Crippen LogP contribution >= 0.6 is 11.8 Å². The van der Waals surface area contributed by atoms with E-state index < -0.39 is 42.1 Å². The van der Waals surface area contributed by atoms with Crippen molar-refractivity contribution in [2.24, 2.45) is 0 Å². The molecule has 0 aromatic rings. The van der Waals surface area contributed by atoms with Crippen LogP contribution in [0.4, 0.5) is 35.1 Å². The van der Waals surface area contributed by atoms with Crippen molar-refractivity contribution in [1.82, 2.24) is 0 Å². The Morgan fingerprint density at radius 3 is 1.95 bits per heavy atom. The summed E-state index contributed by atoms with van der Waals surface area (Å²) in [7, 11) is 0. The van der Waals surface area contributed by atoms with Crippen molar-refractivity contribution in [3.05, 3.63) is 0 Å². The van der Waals surface area contributed by atoms with Crippen molar-refractivity contribution in [2.45, 2.75) is 44.0 Å². The molecule has 114 valence electrons. The number of carbonyl (C=O) groups excluding carboxylic acids is 1. The van der Waals surface area contributed by atoms with Crippen molar-refractivity contribution < 1.29 is 39.9 Å². The van der Waals surface area contributed by atoms with Crippen LogP contribution in [0.25, 0.3) is 0 Å². The van der Waals surface area contributed by atoms with E-state index >= 15 is 0 Å². The van der Waals surface area contributed by atoms with Gasteiger partial charge in [0.2, 0.25) is 6.17 Å². The van der Waals surface area contributed by atoms with Crippen molar-refractivity contribution in [3.8, 4) is 0 Å². The molecule has 10 heteroatoms. The summed E-state index contributed by atoms with van der Waals surface area (Å²) in [4.78, 5) is 10.4. The topological polar surface area (TPSA) is 17.1 Å². The number of rotatable bonds is 6. The summed E-state index contributed by atoms with van der Waals surface area (Å²) >= 11 is 0.524. The van der Waals surface area contributed by atoms with E-state index in [1.54, 1.807) is 0 Å². The molecule has 0 rings (SSSR count). The minimum Gasteiger partial charge on any atom is -0.288 e. The molecular weight excluding hydrogens is 308 g/mol. The zero-order valence-corrected chi connectivity index (χ0v) is 10.3. The van der Waals surface area contributed by atoms with Crippen LogP contribution in [0.5, 0.6) is 0 Å². The van der Waals surface area contributed by atoms with Gasteiger partial charge >= 0.3 is 12.1 Å². The van der Waals surface area contributed by atoms with Gasteiger partial charge in [-0.1, -0.05) is 11.8 Å². The summed E-state index contributed by atoms with van der Waals surface area (Å²) in [5.74, 6) is -6.31. The SMILES string of the molecule is CC(=O)SCCC(F)C(F)C(F)C(F)(F)C(F)(F)F. The summed E-state index contributed by atoms with van der Waals surface area (Å²) in [6, 6.07) is 0. The lowest BCUT2D eigenvalue weighted by Crippen LogP contribution is -2.51. The summed E-state index contributed by atoms with van der Waals surface area (Å²) in [6.45, 7) is 1.10. The maximum Gasteiger partial charge on any atom is 0.456 e. The van der Waals surface area contributed by atoms with E-state index in [-0.39, 0.29) is 5.75 Å². The van der Waals surface area contributed by atoms with Gasteiger partial charge < -0.3 is 0 Å². The average molecular weight is 318 g/mol. The molecule has 3 atom stereocenters. The Bertz CT molecular complexity index is 305. The molecule has 0 bridgehead atoms. The molecule has 0 spiro atoms. The smallest absolute Gasteiger partial charge is 0.288 e. The quantitative estimate of drug-likeness (QED) is 0.692. The summed E-state index contributed by atoms with van der Waals surface area (Å²) in [5.41, 5.74) is 0. The van der Waals surface area contributed by atoms with E-state index in [0.717, 1.165) is 6.92 Å². The number of halogens is 8. The fraction of sp³-hybridized carbons (Fsp3) is 0.889. The molecule has 0 N–H and O–H groups in total. The molecule has 19 heavy (non-hydrogen) atoms. The molecule has 0 radical (unpaired) electrons. The highest BCUT2D eigenvalue weighted by Crippen LogP contribution is 2.42.